The molecule has 0 saturated carbocycles. The third-order valence-corrected chi connectivity index (χ3v) is 3.49. The van der Waals surface area contributed by atoms with Crippen LogP contribution in [-0.2, 0) is 4.79 Å². The summed E-state index contributed by atoms with van der Waals surface area (Å²) >= 11 is 0. The first kappa shape index (κ1) is 12.6. The van der Waals surface area contributed by atoms with Crippen LogP contribution in [-0.4, -0.2) is 34.8 Å². The summed E-state index contributed by atoms with van der Waals surface area (Å²) in [6.45, 7) is 2.76. The minimum absolute atomic E-state index is 0.0104. The van der Waals surface area contributed by atoms with Gasteiger partial charge in [-0.2, -0.15) is 0 Å². The lowest BCUT2D eigenvalue weighted by molar-refractivity contribution is -0.121. The van der Waals surface area contributed by atoms with Crippen molar-refractivity contribution in [2.45, 2.75) is 19.8 Å². The molecule has 2 rings (SSSR count). The molecule has 96 valence electrons. The summed E-state index contributed by atoms with van der Waals surface area (Å²) in [6, 6.07) is 6.55. The van der Waals surface area contributed by atoms with E-state index in [1.807, 2.05) is 0 Å². The fourth-order valence-electron chi connectivity index (χ4n) is 2.31. The molecule has 1 heterocycles. The standard InChI is InChI=1S/C14H17NO3/c1-10(16)11-6-8-15(9-7-11)14(18)12-4-2-3-5-13(12)17/h2-5,11,17H,6-9H2,1H3. The molecular formula is C14H17NO3. The Morgan fingerprint density at radius 2 is 1.83 bits per heavy atom. The molecule has 1 fully saturated rings. The van der Waals surface area contributed by atoms with Gasteiger partial charge < -0.3 is 10.0 Å². The normalized spacial score (nSPS) is 16.6. The van der Waals surface area contributed by atoms with E-state index < -0.39 is 0 Å². The van der Waals surface area contributed by atoms with Crippen LogP contribution >= 0.6 is 0 Å². The molecule has 0 atom stereocenters. The number of piperidine rings is 1. The molecule has 0 aliphatic carbocycles. The molecule has 1 aromatic rings. The van der Waals surface area contributed by atoms with Gasteiger partial charge in [0.2, 0.25) is 0 Å². The Bertz CT molecular complexity index is 462. The number of hydrogen-bond acceptors (Lipinski definition) is 3. The maximum absolute atomic E-state index is 12.2. The van der Waals surface area contributed by atoms with E-state index in [0.29, 0.717) is 31.5 Å². The highest BCUT2D eigenvalue weighted by Gasteiger charge is 2.26. The molecule has 1 aliphatic heterocycles. The number of Topliss-reactive ketones (excluding diaryl/α,β-unsaturated/α-hetero) is 1. The molecule has 4 heteroatoms. The van der Waals surface area contributed by atoms with Crippen molar-refractivity contribution < 1.29 is 14.7 Å². The van der Waals surface area contributed by atoms with Crippen molar-refractivity contribution in [3.8, 4) is 5.75 Å². The number of carbonyl (C=O) groups is 2. The number of likely N-dealkylation sites (tertiary alicyclic amines) is 1. The van der Waals surface area contributed by atoms with Crippen molar-refractivity contribution in [2.24, 2.45) is 5.92 Å². The van der Waals surface area contributed by atoms with E-state index in [-0.39, 0.29) is 23.4 Å². The monoisotopic (exact) mass is 247 g/mol. The summed E-state index contributed by atoms with van der Waals surface area (Å²) in [5.41, 5.74) is 0.332. The number of hydrogen-bond donors (Lipinski definition) is 1. The molecular weight excluding hydrogens is 230 g/mol. The van der Waals surface area contributed by atoms with Crippen molar-refractivity contribution in [1.29, 1.82) is 0 Å². The lowest BCUT2D eigenvalue weighted by Gasteiger charge is -2.31. The van der Waals surface area contributed by atoms with Gasteiger partial charge in [-0.25, -0.2) is 0 Å². The lowest BCUT2D eigenvalue weighted by Crippen LogP contribution is -2.39. The Morgan fingerprint density at radius 1 is 1.22 bits per heavy atom. The number of rotatable bonds is 2. The van der Waals surface area contributed by atoms with Crippen LogP contribution in [0.5, 0.6) is 5.75 Å². The Morgan fingerprint density at radius 3 is 2.39 bits per heavy atom. The maximum atomic E-state index is 12.2. The molecule has 0 aromatic heterocycles. The summed E-state index contributed by atoms with van der Waals surface area (Å²) in [5.74, 6) is 0.134. The molecule has 0 bridgehead atoms. The Balaban J connectivity index is 2.04. The number of phenolic OH excluding ortho intramolecular Hbond substituents is 1. The van der Waals surface area contributed by atoms with Crippen molar-refractivity contribution in [3.63, 3.8) is 0 Å². The first-order chi connectivity index (χ1) is 8.59. The van der Waals surface area contributed by atoms with Crippen molar-refractivity contribution in [1.82, 2.24) is 4.90 Å². The molecule has 1 saturated heterocycles. The average Bonchev–Trinajstić information content (AvgIpc) is 2.38. The maximum Gasteiger partial charge on any atom is 0.257 e. The van der Waals surface area contributed by atoms with Crippen LogP contribution in [0, 0.1) is 5.92 Å². The highest BCUT2D eigenvalue weighted by atomic mass is 16.3. The highest BCUT2D eigenvalue weighted by molar-refractivity contribution is 5.97. The molecule has 1 aliphatic rings. The Kier molecular flexibility index (Phi) is 3.65. The second kappa shape index (κ2) is 5.21. The quantitative estimate of drug-likeness (QED) is 0.867. The predicted molar refractivity (Wildman–Crippen MR) is 67.4 cm³/mol. The zero-order valence-electron chi connectivity index (χ0n) is 10.4. The van der Waals surface area contributed by atoms with Crippen LogP contribution < -0.4 is 0 Å². The van der Waals surface area contributed by atoms with Gasteiger partial charge in [-0.3, -0.25) is 9.59 Å². The first-order valence-corrected chi connectivity index (χ1v) is 6.17. The summed E-state index contributed by atoms with van der Waals surface area (Å²) in [4.78, 5) is 25.1. The smallest absolute Gasteiger partial charge is 0.257 e. The fourth-order valence-corrected chi connectivity index (χ4v) is 2.31. The van der Waals surface area contributed by atoms with Crippen LogP contribution in [0.3, 0.4) is 0 Å². The van der Waals surface area contributed by atoms with Gasteiger partial charge in [0.05, 0.1) is 5.56 Å². The number of phenols is 1. The summed E-state index contributed by atoms with van der Waals surface area (Å²) in [6.07, 6.45) is 1.43. The third-order valence-electron chi connectivity index (χ3n) is 3.49. The van der Waals surface area contributed by atoms with E-state index >= 15 is 0 Å². The number of amides is 1. The SMILES string of the molecule is CC(=O)C1CCN(C(=O)c2ccccc2O)CC1. The molecule has 4 nitrogen and oxygen atoms in total. The Labute approximate surface area is 106 Å². The second-order valence-electron chi connectivity index (χ2n) is 4.69. The average molecular weight is 247 g/mol. The Hall–Kier alpha value is -1.84. The van der Waals surface area contributed by atoms with Gasteiger partial charge in [0.25, 0.3) is 5.91 Å². The van der Waals surface area contributed by atoms with Crippen molar-refractivity contribution >= 4 is 11.7 Å². The fraction of sp³-hybridized carbons (Fsp3) is 0.429. The van der Waals surface area contributed by atoms with Crippen molar-refractivity contribution in [2.75, 3.05) is 13.1 Å². The van der Waals surface area contributed by atoms with Crippen molar-refractivity contribution in [3.05, 3.63) is 29.8 Å². The first-order valence-electron chi connectivity index (χ1n) is 6.17. The molecule has 18 heavy (non-hydrogen) atoms. The van der Waals surface area contributed by atoms with E-state index in [2.05, 4.69) is 0 Å². The van der Waals surface area contributed by atoms with Crippen LogP contribution in [0.1, 0.15) is 30.1 Å². The van der Waals surface area contributed by atoms with Gasteiger partial charge in [0.1, 0.15) is 11.5 Å². The van der Waals surface area contributed by atoms with Gasteiger partial charge in [-0.15, -0.1) is 0 Å². The van der Waals surface area contributed by atoms with E-state index in [1.165, 1.54) is 6.07 Å². The lowest BCUT2D eigenvalue weighted by atomic mass is 9.93. The van der Waals surface area contributed by atoms with Gasteiger partial charge in [0, 0.05) is 19.0 Å². The summed E-state index contributed by atoms with van der Waals surface area (Å²) in [7, 11) is 0. The number of benzene rings is 1. The van der Waals surface area contributed by atoms with E-state index in [4.69, 9.17) is 0 Å². The molecule has 0 radical (unpaired) electrons. The number of para-hydroxylation sites is 1. The largest absolute Gasteiger partial charge is 0.507 e. The van der Waals surface area contributed by atoms with E-state index in [1.54, 1.807) is 30.0 Å². The number of aromatic hydroxyl groups is 1. The third kappa shape index (κ3) is 2.53. The summed E-state index contributed by atoms with van der Waals surface area (Å²) < 4.78 is 0. The second-order valence-corrected chi connectivity index (χ2v) is 4.69. The van der Waals surface area contributed by atoms with E-state index in [9.17, 15) is 14.7 Å². The minimum atomic E-state index is -0.157. The number of carbonyl (C=O) groups excluding carboxylic acids is 2. The zero-order valence-corrected chi connectivity index (χ0v) is 10.4. The number of ketones is 1. The molecule has 0 spiro atoms. The van der Waals surface area contributed by atoms with E-state index in [0.717, 1.165) is 0 Å². The molecule has 1 N–H and O–H groups in total. The van der Waals surface area contributed by atoms with Crippen LogP contribution in [0.2, 0.25) is 0 Å². The van der Waals surface area contributed by atoms with Gasteiger partial charge in [-0.1, -0.05) is 12.1 Å². The topological polar surface area (TPSA) is 57.6 Å². The van der Waals surface area contributed by atoms with Gasteiger partial charge in [-0.05, 0) is 31.9 Å². The highest BCUT2D eigenvalue weighted by Crippen LogP contribution is 2.23. The van der Waals surface area contributed by atoms with Crippen LogP contribution in [0.25, 0.3) is 0 Å². The molecule has 1 amide bonds. The molecule has 1 aromatic carbocycles. The van der Waals surface area contributed by atoms with Gasteiger partial charge in [0.15, 0.2) is 0 Å². The zero-order chi connectivity index (χ0) is 13.1. The number of nitrogens with zero attached hydrogens (tertiary/aromatic N) is 1. The summed E-state index contributed by atoms with van der Waals surface area (Å²) in [5, 5.41) is 9.65. The molecule has 0 unspecified atom stereocenters. The van der Waals surface area contributed by atoms with Crippen LogP contribution in [0.15, 0.2) is 24.3 Å². The predicted octanol–water partition coefficient (Wildman–Crippen LogP) is 1.83. The minimum Gasteiger partial charge on any atom is -0.507 e. The van der Waals surface area contributed by atoms with Gasteiger partial charge >= 0.3 is 0 Å². The van der Waals surface area contributed by atoms with Crippen LogP contribution in [0.4, 0.5) is 0 Å².